The molecule has 0 heterocycles. The first-order valence-corrected chi connectivity index (χ1v) is 4.69. The van der Waals surface area contributed by atoms with Crippen LogP contribution in [0.3, 0.4) is 0 Å². The fourth-order valence-electron chi connectivity index (χ4n) is 1.04. The topological polar surface area (TPSA) is 41.5 Å². The highest BCUT2D eigenvalue weighted by atomic mass is 16.5. The third-order valence-corrected chi connectivity index (χ3v) is 1.81. The fourth-order valence-corrected chi connectivity index (χ4v) is 1.04. The van der Waals surface area contributed by atoms with Crippen molar-refractivity contribution in [2.24, 2.45) is 0 Å². The molecule has 2 unspecified atom stereocenters. The van der Waals surface area contributed by atoms with Crippen molar-refractivity contribution in [3.05, 3.63) is 0 Å². The molecule has 0 radical (unpaired) electrons. The van der Waals surface area contributed by atoms with Gasteiger partial charge in [-0.25, -0.2) is 0 Å². The van der Waals surface area contributed by atoms with E-state index in [2.05, 4.69) is 19.2 Å². The highest BCUT2D eigenvalue weighted by Gasteiger charge is 2.08. The minimum atomic E-state index is 0.201. The Morgan fingerprint density at radius 2 is 2.08 bits per heavy atom. The predicted octanol–water partition coefficient (Wildman–Crippen LogP) is 0.772. The molecule has 3 heteroatoms. The zero-order valence-corrected chi connectivity index (χ0v) is 8.34. The SMILES string of the molecule is CCOCC(C)NC(CC)CO. The van der Waals surface area contributed by atoms with Crippen molar-refractivity contribution in [3.63, 3.8) is 0 Å². The van der Waals surface area contributed by atoms with E-state index in [0.717, 1.165) is 13.0 Å². The van der Waals surface area contributed by atoms with E-state index in [1.807, 2.05) is 6.92 Å². The molecule has 12 heavy (non-hydrogen) atoms. The summed E-state index contributed by atoms with van der Waals surface area (Å²) in [5.74, 6) is 0. The Kier molecular flexibility index (Phi) is 7.45. The van der Waals surface area contributed by atoms with Crippen LogP contribution in [0.15, 0.2) is 0 Å². The average molecular weight is 175 g/mol. The van der Waals surface area contributed by atoms with Gasteiger partial charge in [0.05, 0.1) is 13.2 Å². The molecule has 0 aliphatic rings. The number of nitrogens with one attached hydrogen (secondary N) is 1. The van der Waals surface area contributed by atoms with Crippen LogP contribution in [0.5, 0.6) is 0 Å². The molecule has 2 N–H and O–H groups in total. The molecule has 0 aliphatic heterocycles. The van der Waals surface area contributed by atoms with Crippen LogP contribution in [0.1, 0.15) is 27.2 Å². The third-order valence-electron chi connectivity index (χ3n) is 1.81. The average Bonchev–Trinajstić information content (AvgIpc) is 2.10. The van der Waals surface area contributed by atoms with E-state index < -0.39 is 0 Å². The van der Waals surface area contributed by atoms with Crippen molar-refractivity contribution in [2.75, 3.05) is 19.8 Å². The van der Waals surface area contributed by atoms with E-state index in [9.17, 15) is 0 Å². The van der Waals surface area contributed by atoms with Gasteiger partial charge in [-0.15, -0.1) is 0 Å². The second kappa shape index (κ2) is 7.53. The maximum absolute atomic E-state index is 8.90. The molecule has 2 atom stereocenters. The van der Waals surface area contributed by atoms with Gasteiger partial charge in [0.25, 0.3) is 0 Å². The normalized spacial score (nSPS) is 16.0. The molecule has 0 spiro atoms. The molecule has 0 aromatic heterocycles. The summed E-state index contributed by atoms with van der Waals surface area (Å²) in [4.78, 5) is 0. The molecular weight excluding hydrogens is 154 g/mol. The Morgan fingerprint density at radius 1 is 1.42 bits per heavy atom. The van der Waals surface area contributed by atoms with Gasteiger partial charge in [-0.3, -0.25) is 0 Å². The van der Waals surface area contributed by atoms with Crippen LogP contribution in [-0.4, -0.2) is 37.0 Å². The van der Waals surface area contributed by atoms with Gasteiger partial charge in [0, 0.05) is 18.7 Å². The summed E-state index contributed by atoms with van der Waals surface area (Å²) in [6, 6.07) is 0.530. The molecular formula is C9H21NO2. The molecule has 0 fully saturated rings. The molecule has 74 valence electrons. The lowest BCUT2D eigenvalue weighted by Crippen LogP contribution is -2.40. The first-order chi connectivity index (χ1) is 5.74. The van der Waals surface area contributed by atoms with E-state index in [1.54, 1.807) is 0 Å². The fraction of sp³-hybridized carbons (Fsp3) is 1.00. The molecule has 0 aromatic carbocycles. The number of aliphatic hydroxyl groups is 1. The molecule has 0 saturated heterocycles. The van der Waals surface area contributed by atoms with E-state index in [1.165, 1.54) is 0 Å². The zero-order chi connectivity index (χ0) is 9.40. The number of aliphatic hydroxyl groups excluding tert-OH is 1. The maximum Gasteiger partial charge on any atom is 0.0616 e. The standard InChI is InChI=1S/C9H21NO2/c1-4-9(6-11)10-8(3)7-12-5-2/h8-11H,4-7H2,1-3H3. The number of hydrogen-bond donors (Lipinski definition) is 2. The lowest BCUT2D eigenvalue weighted by molar-refractivity contribution is 0.117. The predicted molar refractivity (Wildman–Crippen MR) is 50.3 cm³/mol. The van der Waals surface area contributed by atoms with Crippen LogP contribution in [0.25, 0.3) is 0 Å². The van der Waals surface area contributed by atoms with Crippen LogP contribution < -0.4 is 5.32 Å². The summed E-state index contributed by atoms with van der Waals surface area (Å²) in [5.41, 5.74) is 0. The molecule has 3 nitrogen and oxygen atoms in total. The molecule has 0 aromatic rings. The van der Waals surface area contributed by atoms with Gasteiger partial charge in [0.1, 0.15) is 0 Å². The highest BCUT2D eigenvalue weighted by molar-refractivity contribution is 4.68. The van der Waals surface area contributed by atoms with Crippen LogP contribution in [0.2, 0.25) is 0 Å². The zero-order valence-electron chi connectivity index (χ0n) is 8.34. The van der Waals surface area contributed by atoms with Gasteiger partial charge in [-0.1, -0.05) is 6.92 Å². The van der Waals surface area contributed by atoms with Gasteiger partial charge in [0.2, 0.25) is 0 Å². The van der Waals surface area contributed by atoms with Crippen molar-refractivity contribution in [1.29, 1.82) is 0 Å². The molecule has 0 amide bonds. The van der Waals surface area contributed by atoms with Gasteiger partial charge in [-0.05, 0) is 20.3 Å². The Balaban J connectivity index is 3.44. The highest BCUT2D eigenvalue weighted by Crippen LogP contribution is 1.93. The summed E-state index contributed by atoms with van der Waals surface area (Å²) >= 11 is 0. The first kappa shape index (κ1) is 11.9. The Hall–Kier alpha value is -0.120. The quantitative estimate of drug-likeness (QED) is 0.600. The van der Waals surface area contributed by atoms with Gasteiger partial charge in [-0.2, -0.15) is 0 Å². The molecule has 0 rings (SSSR count). The van der Waals surface area contributed by atoms with Crippen molar-refractivity contribution in [3.8, 4) is 0 Å². The lowest BCUT2D eigenvalue weighted by atomic mass is 10.2. The van der Waals surface area contributed by atoms with Gasteiger partial charge >= 0.3 is 0 Å². The van der Waals surface area contributed by atoms with Crippen LogP contribution in [-0.2, 0) is 4.74 Å². The van der Waals surface area contributed by atoms with Crippen molar-refractivity contribution < 1.29 is 9.84 Å². The van der Waals surface area contributed by atoms with Gasteiger partial charge in [0.15, 0.2) is 0 Å². The lowest BCUT2D eigenvalue weighted by Gasteiger charge is -2.19. The van der Waals surface area contributed by atoms with Crippen molar-refractivity contribution >= 4 is 0 Å². The van der Waals surface area contributed by atoms with Gasteiger partial charge < -0.3 is 15.2 Å². The summed E-state index contributed by atoms with van der Waals surface area (Å²) in [6.07, 6.45) is 0.951. The second-order valence-electron chi connectivity index (χ2n) is 3.01. The van der Waals surface area contributed by atoms with Crippen molar-refractivity contribution in [1.82, 2.24) is 5.32 Å². The summed E-state index contributed by atoms with van der Waals surface area (Å²) in [5, 5.41) is 12.2. The summed E-state index contributed by atoms with van der Waals surface area (Å²) < 4.78 is 5.24. The van der Waals surface area contributed by atoms with Crippen LogP contribution in [0, 0.1) is 0 Å². The Labute approximate surface area is 75.1 Å². The molecule has 0 bridgehead atoms. The smallest absolute Gasteiger partial charge is 0.0616 e. The maximum atomic E-state index is 8.90. The minimum absolute atomic E-state index is 0.201. The molecule has 0 aliphatic carbocycles. The number of rotatable bonds is 7. The Morgan fingerprint density at radius 3 is 2.50 bits per heavy atom. The van der Waals surface area contributed by atoms with E-state index in [4.69, 9.17) is 9.84 Å². The monoisotopic (exact) mass is 175 g/mol. The number of hydrogen-bond acceptors (Lipinski definition) is 3. The van der Waals surface area contributed by atoms with Crippen LogP contribution in [0.4, 0.5) is 0 Å². The Bertz CT molecular complexity index is 94.5. The third kappa shape index (κ3) is 5.52. The van der Waals surface area contributed by atoms with Crippen LogP contribution >= 0.6 is 0 Å². The summed E-state index contributed by atoms with van der Waals surface area (Å²) in [7, 11) is 0. The summed E-state index contributed by atoms with van der Waals surface area (Å²) in [6.45, 7) is 7.77. The second-order valence-corrected chi connectivity index (χ2v) is 3.01. The largest absolute Gasteiger partial charge is 0.395 e. The first-order valence-electron chi connectivity index (χ1n) is 4.69. The minimum Gasteiger partial charge on any atom is -0.395 e. The van der Waals surface area contributed by atoms with E-state index in [-0.39, 0.29) is 12.6 Å². The molecule has 0 saturated carbocycles. The van der Waals surface area contributed by atoms with Crippen molar-refractivity contribution in [2.45, 2.75) is 39.3 Å². The van der Waals surface area contributed by atoms with E-state index in [0.29, 0.717) is 12.6 Å². The number of ether oxygens (including phenoxy) is 1. The van der Waals surface area contributed by atoms with E-state index >= 15 is 0 Å².